The van der Waals surface area contributed by atoms with Gasteiger partial charge in [-0.25, -0.2) is 0 Å². The number of carbonyl (C=O) groups is 1. The number of hydrogen-bond donors (Lipinski definition) is 2. The Morgan fingerprint density at radius 3 is 2.92 bits per heavy atom. The minimum atomic E-state index is -0.742. The first-order valence-corrected chi connectivity index (χ1v) is 8.95. The maximum Gasteiger partial charge on any atom is 0.317 e. The van der Waals surface area contributed by atoms with E-state index in [1.807, 2.05) is 0 Å². The lowest BCUT2D eigenvalue weighted by atomic mass is 9.85. The highest BCUT2D eigenvalue weighted by atomic mass is 32.1. The zero-order valence-corrected chi connectivity index (χ0v) is 13.9. The summed E-state index contributed by atoms with van der Waals surface area (Å²) in [6.45, 7) is 1.06. The standard InChI is InChI=1S/C15H19N5O3S/c21-13(22)8-20(7-9-1-2-9)11-5-10(6-11)16-15-18-17-14(24-15)12-3-4-23-19-12/h3-4,9-11H,1-2,5-8H2,(H,16,18)(H,21,22). The molecule has 2 fully saturated rings. The highest BCUT2D eigenvalue weighted by Gasteiger charge is 2.37. The molecule has 0 saturated heterocycles. The molecule has 2 heterocycles. The quantitative estimate of drug-likeness (QED) is 0.745. The van der Waals surface area contributed by atoms with Crippen LogP contribution in [-0.4, -0.2) is 56.5 Å². The number of aliphatic carboxylic acids is 1. The summed E-state index contributed by atoms with van der Waals surface area (Å²) in [5.74, 6) is -0.0435. The van der Waals surface area contributed by atoms with Gasteiger partial charge in [0.1, 0.15) is 12.0 Å². The van der Waals surface area contributed by atoms with Gasteiger partial charge in [-0.3, -0.25) is 9.69 Å². The van der Waals surface area contributed by atoms with Crippen LogP contribution in [0.4, 0.5) is 5.13 Å². The van der Waals surface area contributed by atoms with Crippen LogP contribution in [0, 0.1) is 5.92 Å². The Hall–Kier alpha value is -2.00. The Morgan fingerprint density at radius 2 is 2.25 bits per heavy atom. The summed E-state index contributed by atoms with van der Waals surface area (Å²) < 4.78 is 4.82. The number of rotatable bonds is 8. The van der Waals surface area contributed by atoms with Crippen molar-refractivity contribution in [3.8, 4) is 10.7 Å². The van der Waals surface area contributed by atoms with Crippen LogP contribution in [0.5, 0.6) is 0 Å². The van der Waals surface area contributed by atoms with E-state index in [2.05, 4.69) is 25.6 Å². The second kappa shape index (κ2) is 6.48. The fourth-order valence-corrected chi connectivity index (χ4v) is 3.82. The second-order valence-corrected chi connectivity index (χ2v) is 7.51. The molecule has 0 aliphatic heterocycles. The average Bonchev–Trinajstić information content (AvgIpc) is 3.01. The van der Waals surface area contributed by atoms with Gasteiger partial charge in [-0.15, -0.1) is 10.2 Å². The van der Waals surface area contributed by atoms with Crippen LogP contribution in [-0.2, 0) is 4.79 Å². The topological polar surface area (TPSA) is 104 Å². The van der Waals surface area contributed by atoms with Gasteiger partial charge < -0.3 is 14.9 Å². The van der Waals surface area contributed by atoms with E-state index in [0.29, 0.717) is 23.7 Å². The highest BCUT2D eigenvalue weighted by Crippen LogP contribution is 2.35. The highest BCUT2D eigenvalue weighted by molar-refractivity contribution is 7.18. The third-order valence-corrected chi connectivity index (χ3v) is 5.44. The smallest absolute Gasteiger partial charge is 0.317 e. The Balaban J connectivity index is 1.29. The van der Waals surface area contributed by atoms with Crippen molar-refractivity contribution >= 4 is 22.4 Å². The largest absolute Gasteiger partial charge is 0.480 e. The molecule has 2 aliphatic carbocycles. The summed E-state index contributed by atoms with van der Waals surface area (Å²) in [5.41, 5.74) is 0.684. The zero-order chi connectivity index (χ0) is 16.5. The first kappa shape index (κ1) is 15.5. The van der Waals surface area contributed by atoms with E-state index in [9.17, 15) is 4.79 Å². The zero-order valence-electron chi connectivity index (χ0n) is 13.1. The van der Waals surface area contributed by atoms with Crippen molar-refractivity contribution < 1.29 is 14.4 Å². The van der Waals surface area contributed by atoms with E-state index in [1.54, 1.807) is 6.07 Å². The fourth-order valence-electron chi connectivity index (χ4n) is 3.03. The van der Waals surface area contributed by atoms with Gasteiger partial charge in [0.15, 0.2) is 5.01 Å². The normalized spacial score (nSPS) is 23.2. The van der Waals surface area contributed by atoms with Crippen molar-refractivity contribution in [2.45, 2.75) is 37.8 Å². The van der Waals surface area contributed by atoms with E-state index in [1.165, 1.54) is 30.4 Å². The minimum Gasteiger partial charge on any atom is -0.480 e. The van der Waals surface area contributed by atoms with Gasteiger partial charge in [-0.2, -0.15) is 0 Å². The fraction of sp³-hybridized carbons (Fsp3) is 0.600. The number of nitrogens with zero attached hydrogens (tertiary/aromatic N) is 4. The molecule has 0 atom stereocenters. The molecule has 4 rings (SSSR count). The molecule has 9 heteroatoms. The molecule has 128 valence electrons. The van der Waals surface area contributed by atoms with Crippen molar-refractivity contribution in [1.29, 1.82) is 0 Å². The van der Waals surface area contributed by atoms with Gasteiger partial charge in [0.05, 0.1) is 6.54 Å². The molecule has 0 bridgehead atoms. The molecule has 2 saturated carbocycles. The summed E-state index contributed by atoms with van der Waals surface area (Å²) in [5, 5.41) is 26.1. The van der Waals surface area contributed by atoms with Crippen molar-refractivity contribution in [2.24, 2.45) is 5.92 Å². The summed E-state index contributed by atoms with van der Waals surface area (Å²) in [6, 6.07) is 2.43. The van der Waals surface area contributed by atoms with Gasteiger partial charge in [0.25, 0.3) is 0 Å². The van der Waals surface area contributed by atoms with Crippen LogP contribution in [0.3, 0.4) is 0 Å². The predicted molar refractivity (Wildman–Crippen MR) is 87.8 cm³/mol. The lowest BCUT2D eigenvalue weighted by molar-refractivity contribution is -0.139. The van der Waals surface area contributed by atoms with Crippen molar-refractivity contribution in [3.63, 3.8) is 0 Å². The van der Waals surface area contributed by atoms with Crippen molar-refractivity contribution in [1.82, 2.24) is 20.3 Å². The van der Waals surface area contributed by atoms with Crippen LogP contribution in [0.25, 0.3) is 10.7 Å². The van der Waals surface area contributed by atoms with E-state index < -0.39 is 5.97 Å². The minimum absolute atomic E-state index is 0.142. The predicted octanol–water partition coefficient (Wildman–Crippen LogP) is 1.93. The number of anilines is 1. The first-order chi connectivity index (χ1) is 11.7. The molecule has 0 unspecified atom stereocenters. The lowest BCUT2D eigenvalue weighted by Crippen LogP contribution is -2.52. The molecular formula is C15H19N5O3S. The number of carboxylic acids is 1. The van der Waals surface area contributed by atoms with Gasteiger partial charge in [-0.1, -0.05) is 16.5 Å². The molecule has 24 heavy (non-hydrogen) atoms. The molecule has 0 radical (unpaired) electrons. The van der Waals surface area contributed by atoms with E-state index in [0.717, 1.165) is 29.5 Å². The van der Waals surface area contributed by atoms with Crippen LogP contribution in [0.15, 0.2) is 16.9 Å². The Bertz CT molecular complexity index is 694. The van der Waals surface area contributed by atoms with Crippen LogP contribution >= 0.6 is 11.3 Å². The molecule has 2 N–H and O–H groups in total. The summed E-state index contributed by atoms with van der Waals surface area (Å²) in [7, 11) is 0. The molecule has 2 aromatic heterocycles. The van der Waals surface area contributed by atoms with Crippen LogP contribution in [0.2, 0.25) is 0 Å². The first-order valence-electron chi connectivity index (χ1n) is 8.14. The van der Waals surface area contributed by atoms with E-state index >= 15 is 0 Å². The Labute approximate surface area is 142 Å². The molecule has 2 aromatic rings. The second-order valence-electron chi connectivity index (χ2n) is 6.53. The van der Waals surface area contributed by atoms with Crippen LogP contribution < -0.4 is 5.32 Å². The third-order valence-electron chi connectivity index (χ3n) is 4.57. The van der Waals surface area contributed by atoms with E-state index in [4.69, 9.17) is 9.63 Å². The molecule has 2 aliphatic rings. The number of aromatic nitrogens is 3. The van der Waals surface area contributed by atoms with Gasteiger partial charge in [-0.05, 0) is 31.6 Å². The number of carboxylic acid groups (broad SMARTS) is 1. The number of nitrogens with one attached hydrogen (secondary N) is 1. The Kier molecular flexibility index (Phi) is 4.19. The maximum absolute atomic E-state index is 11.1. The SMILES string of the molecule is O=C(O)CN(CC1CC1)C1CC(Nc2nnc(-c3ccon3)s2)C1. The average molecular weight is 349 g/mol. The summed E-state index contributed by atoms with van der Waals surface area (Å²) in [4.78, 5) is 13.2. The maximum atomic E-state index is 11.1. The lowest BCUT2D eigenvalue weighted by Gasteiger charge is -2.42. The molecule has 0 spiro atoms. The van der Waals surface area contributed by atoms with Gasteiger partial charge in [0, 0.05) is 24.7 Å². The molecular weight excluding hydrogens is 330 g/mol. The third kappa shape index (κ3) is 3.57. The van der Waals surface area contributed by atoms with Crippen molar-refractivity contribution in [3.05, 3.63) is 12.3 Å². The van der Waals surface area contributed by atoms with Gasteiger partial charge >= 0.3 is 5.97 Å². The van der Waals surface area contributed by atoms with Crippen molar-refractivity contribution in [2.75, 3.05) is 18.4 Å². The summed E-state index contributed by atoms with van der Waals surface area (Å²) >= 11 is 1.45. The molecule has 0 amide bonds. The van der Waals surface area contributed by atoms with Crippen LogP contribution in [0.1, 0.15) is 25.7 Å². The van der Waals surface area contributed by atoms with E-state index in [-0.39, 0.29) is 6.54 Å². The monoisotopic (exact) mass is 349 g/mol. The Morgan fingerprint density at radius 1 is 1.42 bits per heavy atom. The molecule has 0 aromatic carbocycles. The molecule has 8 nitrogen and oxygen atoms in total. The number of hydrogen-bond acceptors (Lipinski definition) is 8. The summed E-state index contributed by atoms with van der Waals surface area (Å²) in [6.07, 6.45) is 5.87. The van der Waals surface area contributed by atoms with Gasteiger partial charge in [0.2, 0.25) is 5.13 Å².